The van der Waals surface area contributed by atoms with Gasteiger partial charge in [-0.25, -0.2) is 0 Å². The van der Waals surface area contributed by atoms with E-state index in [2.05, 4.69) is 35.5 Å². The zero-order chi connectivity index (χ0) is 22.0. The van der Waals surface area contributed by atoms with Crippen LogP contribution >= 0.6 is 0 Å². The maximum Gasteiger partial charge on any atom is 0.255 e. The highest BCUT2D eigenvalue weighted by molar-refractivity contribution is 6.05. The molecule has 0 bridgehead atoms. The van der Waals surface area contributed by atoms with Crippen molar-refractivity contribution in [3.8, 4) is 0 Å². The van der Waals surface area contributed by atoms with Crippen LogP contribution in [0.15, 0.2) is 35.9 Å². The molecular formula is C24H32N4O3. The lowest BCUT2D eigenvalue weighted by atomic mass is 10.0. The molecule has 0 aromatic heterocycles. The van der Waals surface area contributed by atoms with Crippen molar-refractivity contribution in [2.24, 2.45) is 0 Å². The first-order valence-corrected chi connectivity index (χ1v) is 11.3. The Morgan fingerprint density at radius 1 is 1.10 bits per heavy atom. The maximum absolute atomic E-state index is 13.0. The highest BCUT2D eigenvalue weighted by atomic mass is 16.2. The van der Waals surface area contributed by atoms with Crippen LogP contribution in [0.5, 0.6) is 0 Å². The Balaban J connectivity index is 1.27. The fourth-order valence-corrected chi connectivity index (χ4v) is 4.45. The molecule has 1 atom stereocenters. The van der Waals surface area contributed by atoms with E-state index in [1.54, 1.807) is 11.0 Å². The second-order valence-corrected chi connectivity index (χ2v) is 9.08. The van der Waals surface area contributed by atoms with E-state index in [1.165, 1.54) is 5.57 Å². The lowest BCUT2D eigenvalue weighted by Crippen LogP contribution is -2.48. The summed E-state index contributed by atoms with van der Waals surface area (Å²) in [6.45, 7) is 7.01. The Morgan fingerprint density at radius 2 is 1.81 bits per heavy atom. The molecule has 7 heteroatoms. The summed E-state index contributed by atoms with van der Waals surface area (Å²) in [7, 11) is 0. The molecule has 3 aliphatic rings. The molecule has 1 aliphatic carbocycles. The van der Waals surface area contributed by atoms with E-state index in [1.807, 2.05) is 18.2 Å². The van der Waals surface area contributed by atoms with Crippen LogP contribution in [0.2, 0.25) is 0 Å². The van der Waals surface area contributed by atoms with Gasteiger partial charge >= 0.3 is 0 Å². The van der Waals surface area contributed by atoms with Gasteiger partial charge in [-0.15, -0.1) is 0 Å². The number of fused-ring (bicyclic) bond motifs is 1. The van der Waals surface area contributed by atoms with Crippen LogP contribution in [0.3, 0.4) is 0 Å². The highest BCUT2D eigenvalue weighted by Gasteiger charge is 2.47. The Labute approximate surface area is 183 Å². The minimum atomic E-state index is -0.637. The predicted octanol–water partition coefficient (Wildman–Crippen LogP) is 2.01. The number of rotatable bonds is 7. The molecule has 3 amide bonds. The van der Waals surface area contributed by atoms with Gasteiger partial charge in [-0.3, -0.25) is 19.3 Å². The number of allylic oxidation sites excluding steroid dienone is 1. The van der Waals surface area contributed by atoms with Crippen molar-refractivity contribution >= 4 is 17.7 Å². The van der Waals surface area contributed by atoms with Crippen LogP contribution in [-0.4, -0.2) is 65.8 Å². The van der Waals surface area contributed by atoms with Crippen LogP contribution in [-0.2, 0) is 9.59 Å². The van der Waals surface area contributed by atoms with Gasteiger partial charge < -0.3 is 15.5 Å². The number of hydrogen-bond acceptors (Lipinski definition) is 4. The number of carbonyl (C=O) groups excluding carboxylic acids is 3. The third kappa shape index (κ3) is 4.98. The normalized spacial score (nSPS) is 21.5. The number of carbonyl (C=O) groups is 3. The molecule has 0 spiro atoms. The number of likely N-dealkylation sites (tertiary alicyclic amines) is 1. The summed E-state index contributed by atoms with van der Waals surface area (Å²) in [5, 5.41) is 5.81. The van der Waals surface area contributed by atoms with E-state index in [-0.39, 0.29) is 36.3 Å². The number of hydrogen-bond donors (Lipinski definition) is 2. The highest BCUT2D eigenvalue weighted by Crippen LogP contribution is 2.41. The zero-order valence-corrected chi connectivity index (χ0v) is 18.4. The molecule has 2 heterocycles. The third-order valence-electron chi connectivity index (χ3n) is 6.32. The molecule has 1 saturated heterocycles. The molecule has 1 saturated carbocycles. The molecule has 1 unspecified atom stereocenters. The first-order valence-electron chi connectivity index (χ1n) is 11.3. The van der Waals surface area contributed by atoms with Gasteiger partial charge in [0.25, 0.3) is 5.91 Å². The average molecular weight is 425 g/mol. The Morgan fingerprint density at radius 3 is 2.48 bits per heavy atom. The van der Waals surface area contributed by atoms with Crippen molar-refractivity contribution in [1.29, 1.82) is 0 Å². The smallest absolute Gasteiger partial charge is 0.255 e. The largest absolute Gasteiger partial charge is 0.352 e. The van der Waals surface area contributed by atoms with E-state index >= 15 is 0 Å². The van der Waals surface area contributed by atoms with Gasteiger partial charge in [0, 0.05) is 37.3 Å². The second-order valence-electron chi connectivity index (χ2n) is 9.08. The van der Waals surface area contributed by atoms with E-state index < -0.39 is 6.04 Å². The van der Waals surface area contributed by atoms with Gasteiger partial charge in [0.2, 0.25) is 11.8 Å². The van der Waals surface area contributed by atoms with Crippen LogP contribution in [0.1, 0.15) is 61.5 Å². The summed E-state index contributed by atoms with van der Waals surface area (Å²) in [4.78, 5) is 42.2. The Hall–Kier alpha value is -2.67. The fourth-order valence-electron chi connectivity index (χ4n) is 4.45. The van der Waals surface area contributed by atoms with Gasteiger partial charge in [-0.2, -0.15) is 0 Å². The van der Waals surface area contributed by atoms with E-state index in [9.17, 15) is 14.4 Å². The number of piperidine rings is 1. The van der Waals surface area contributed by atoms with Gasteiger partial charge in [0.05, 0.1) is 6.54 Å². The molecule has 1 aromatic carbocycles. The monoisotopic (exact) mass is 424 g/mol. The van der Waals surface area contributed by atoms with Gasteiger partial charge in [0.1, 0.15) is 6.04 Å². The standard InChI is InChI=1S/C24H32N4O3/c1-16(2)9-12-27-13-10-17(11-14-27)26-21(29)15-25-23(30)22-19-5-3-4-6-20(19)24(31)28(22)18-7-8-18/h3-6,9,17-18,22H,7-8,10-15H2,1-2H3,(H,25,30)(H,26,29). The average Bonchev–Trinajstić information content (AvgIpc) is 3.55. The minimum absolute atomic E-state index is 0.0673. The fraction of sp³-hybridized carbons (Fsp3) is 0.542. The topological polar surface area (TPSA) is 81.8 Å². The lowest BCUT2D eigenvalue weighted by molar-refractivity contribution is -0.129. The molecule has 2 fully saturated rings. The molecule has 2 N–H and O–H groups in total. The van der Waals surface area contributed by atoms with Crippen molar-refractivity contribution < 1.29 is 14.4 Å². The SMILES string of the molecule is CC(C)=CCN1CCC(NC(=O)CNC(=O)C2c3ccccc3C(=O)N2C2CC2)CC1. The summed E-state index contributed by atoms with van der Waals surface area (Å²) in [6.07, 6.45) is 5.91. The van der Waals surface area contributed by atoms with Crippen molar-refractivity contribution in [3.63, 3.8) is 0 Å². The molecule has 31 heavy (non-hydrogen) atoms. The maximum atomic E-state index is 13.0. The predicted molar refractivity (Wildman–Crippen MR) is 118 cm³/mol. The van der Waals surface area contributed by atoms with Crippen LogP contribution in [0, 0.1) is 0 Å². The van der Waals surface area contributed by atoms with Gasteiger partial charge in [-0.1, -0.05) is 29.8 Å². The number of amides is 3. The first kappa shape index (κ1) is 21.6. The zero-order valence-electron chi connectivity index (χ0n) is 18.4. The van der Waals surface area contributed by atoms with E-state index in [0.29, 0.717) is 5.56 Å². The molecule has 7 nitrogen and oxygen atoms in total. The third-order valence-corrected chi connectivity index (χ3v) is 6.32. The summed E-state index contributed by atoms with van der Waals surface area (Å²) >= 11 is 0. The van der Waals surface area contributed by atoms with Crippen molar-refractivity contribution in [3.05, 3.63) is 47.0 Å². The first-order chi connectivity index (χ1) is 14.9. The molecule has 0 radical (unpaired) electrons. The summed E-state index contributed by atoms with van der Waals surface area (Å²) in [6, 6.07) is 6.91. The number of benzene rings is 1. The minimum Gasteiger partial charge on any atom is -0.352 e. The molecular weight excluding hydrogens is 392 g/mol. The van der Waals surface area contributed by atoms with Gasteiger partial charge in [0.15, 0.2) is 0 Å². The molecule has 4 rings (SSSR count). The van der Waals surface area contributed by atoms with Gasteiger partial charge in [-0.05, 0) is 51.2 Å². The molecule has 2 aliphatic heterocycles. The quantitative estimate of drug-likeness (QED) is 0.656. The van der Waals surface area contributed by atoms with E-state index in [0.717, 1.165) is 50.9 Å². The van der Waals surface area contributed by atoms with Crippen molar-refractivity contribution in [1.82, 2.24) is 20.4 Å². The van der Waals surface area contributed by atoms with Crippen LogP contribution < -0.4 is 10.6 Å². The second kappa shape index (κ2) is 9.22. The van der Waals surface area contributed by atoms with Crippen molar-refractivity contribution in [2.45, 2.75) is 57.7 Å². The number of nitrogens with one attached hydrogen (secondary N) is 2. The Kier molecular flexibility index (Phi) is 6.41. The Bertz CT molecular complexity index is 881. The van der Waals surface area contributed by atoms with Crippen LogP contribution in [0.4, 0.5) is 0 Å². The molecule has 1 aromatic rings. The lowest BCUT2D eigenvalue weighted by Gasteiger charge is -2.31. The summed E-state index contributed by atoms with van der Waals surface area (Å²) in [5.74, 6) is -0.536. The summed E-state index contributed by atoms with van der Waals surface area (Å²) in [5.41, 5.74) is 2.65. The van der Waals surface area contributed by atoms with E-state index in [4.69, 9.17) is 0 Å². The number of nitrogens with zero attached hydrogens (tertiary/aromatic N) is 2. The molecule has 166 valence electrons. The van der Waals surface area contributed by atoms with Crippen LogP contribution in [0.25, 0.3) is 0 Å². The summed E-state index contributed by atoms with van der Waals surface area (Å²) < 4.78 is 0. The van der Waals surface area contributed by atoms with Crippen molar-refractivity contribution in [2.75, 3.05) is 26.2 Å².